The zero-order valence-electron chi connectivity index (χ0n) is 12.1. The minimum atomic E-state index is -0.371. The predicted octanol–water partition coefficient (Wildman–Crippen LogP) is 2.00. The van der Waals surface area contributed by atoms with Gasteiger partial charge in [0.15, 0.2) is 0 Å². The Labute approximate surface area is 115 Å². The standard InChI is InChI=1S/C15H26N2O2/c1-4-17-15(19)13(9-10(2)3)12(14(16)18)8-7-11-5-6-11/h11-13H,2,4-9H2,1,3H3,(H2,16,18)(H,17,19)/t12-,13+/m0/s1. The number of hydrogen-bond acceptors (Lipinski definition) is 2. The van der Waals surface area contributed by atoms with Gasteiger partial charge in [0.2, 0.25) is 11.8 Å². The van der Waals surface area contributed by atoms with Crippen molar-refractivity contribution in [1.82, 2.24) is 5.32 Å². The first-order chi connectivity index (χ1) is 8.95. The van der Waals surface area contributed by atoms with E-state index >= 15 is 0 Å². The molecule has 4 nitrogen and oxygen atoms in total. The average molecular weight is 266 g/mol. The number of rotatable bonds is 9. The Kier molecular flexibility index (Phi) is 6.06. The maximum absolute atomic E-state index is 12.1. The molecule has 0 aromatic rings. The van der Waals surface area contributed by atoms with E-state index in [1.165, 1.54) is 12.8 Å². The van der Waals surface area contributed by atoms with Gasteiger partial charge < -0.3 is 11.1 Å². The highest BCUT2D eigenvalue weighted by Crippen LogP contribution is 2.36. The van der Waals surface area contributed by atoms with Crippen LogP contribution in [0.5, 0.6) is 0 Å². The van der Waals surface area contributed by atoms with Gasteiger partial charge in [0, 0.05) is 12.5 Å². The number of amides is 2. The second-order valence-electron chi connectivity index (χ2n) is 5.69. The second-order valence-corrected chi connectivity index (χ2v) is 5.69. The fourth-order valence-electron chi connectivity index (χ4n) is 2.46. The fraction of sp³-hybridized carbons (Fsp3) is 0.733. The summed E-state index contributed by atoms with van der Waals surface area (Å²) in [6, 6.07) is 0. The van der Waals surface area contributed by atoms with Gasteiger partial charge in [-0.05, 0) is 39.0 Å². The molecule has 0 radical (unpaired) electrons. The topological polar surface area (TPSA) is 72.2 Å². The number of carbonyl (C=O) groups excluding carboxylic acids is 2. The van der Waals surface area contributed by atoms with Crippen molar-refractivity contribution in [2.24, 2.45) is 23.5 Å². The maximum atomic E-state index is 12.1. The Balaban J connectivity index is 2.71. The Morgan fingerprint density at radius 1 is 1.37 bits per heavy atom. The van der Waals surface area contributed by atoms with Crippen LogP contribution in [-0.4, -0.2) is 18.4 Å². The van der Waals surface area contributed by atoms with Gasteiger partial charge in [0.1, 0.15) is 0 Å². The normalized spacial score (nSPS) is 17.6. The molecule has 1 aliphatic carbocycles. The molecule has 108 valence electrons. The van der Waals surface area contributed by atoms with E-state index in [4.69, 9.17) is 5.73 Å². The van der Waals surface area contributed by atoms with Crippen LogP contribution in [0.15, 0.2) is 12.2 Å². The first-order valence-electron chi connectivity index (χ1n) is 7.17. The first kappa shape index (κ1) is 15.7. The number of carbonyl (C=O) groups is 2. The molecule has 0 aromatic heterocycles. The summed E-state index contributed by atoms with van der Waals surface area (Å²) in [6.45, 7) is 8.18. The largest absolute Gasteiger partial charge is 0.369 e. The van der Waals surface area contributed by atoms with Gasteiger partial charge in [0.25, 0.3) is 0 Å². The molecule has 2 atom stereocenters. The Bertz CT molecular complexity index is 348. The van der Waals surface area contributed by atoms with Crippen LogP contribution in [0, 0.1) is 17.8 Å². The monoisotopic (exact) mass is 266 g/mol. The quantitative estimate of drug-likeness (QED) is 0.626. The third kappa shape index (κ3) is 5.45. The second kappa shape index (κ2) is 7.31. The van der Waals surface area contributed by atoms with Crippen LogP contribution in [0.1, 0.15) is 46.0 Å². The van der Waals surface area contributed by atoms with Crippen molar-refractivity contribution in [2.45, 2.75) is 46.0 Å². The van der Waals surface area contributed by atoms with Crippen molar-refractivity contribution >= 4 is 11.8 Å². The summed E-state index contributed by atoms with van der Waals surface area (Å²) in [7, 11) is 0. The van der Waals surface area contributed by atoms with Crippen molar-refractivity contribution in [3.8, 4) is 0 Å². The van der Waals surface area contributed by atoms with Crippen molar-refractivity contribution in [3.63, 3.8) is 0 Å². The molecule has 2 amide bonds. The molecule has 0 aromatic carbocycles. The number of hydrogen-bond donors (Lipinski definition) is 2. The number of nitrogens with two attached hydrogens (primary N) is 1. The van der Waals surface area contributed by atoms with E-state index in [2.05, 4.69) is 11.9 Å². The lowest BCUT2D eigenvalue weighted by molar-refractivity contribution is -0.133. The maximum Gasteiger partial charge on any atom is 0.224 e. The van der Waals surface area contributed by atoms with Crippen molar-refractivity contribution in [2.75, 3.05) is 6.54 Å². The third-order valence-corrected chi connectivity index (χ3v) is 3.69. The van der Waals surface area contributed by atoms with E-state index < -0.39 is 0 Å². The molecule has 0 saturated heterocycles. The minimum absolute atomic E-state index is 0.0786. The fourth-order valence-corrected chi connectivity index (χ4v) is 2.46. The van der Waals surface area contributed by atoms with Crippen LogP contribution in [0.4, 0.5) is 0 Å². The number of primary amides is 1. The van der Waals surface area contributed by atoms with E-state index in [-0.39, 0.29) is 23.7 Å². The molecule has 0 aliphatic heterocycles. The van der Waals surface area contributed by atoms with Gasteiger partial charge in [-0.3, -0.25) is 9.59 Å². The van der Waals surface area contributed by atoms with E-state index in [0.29, 0.717) is 13.0 Å². The highest BCUT2D eigenvalue weighted by Gasteiger charge is 2.33. The van der Waals surface area contributed by atoms with E-state index in [1.54, 1.807) is 0 Å². The highest BCUT2D eigenvalue weighted by atomic mass is 16.2. The van der Waals surface area contributed by atoms with Gasteiger partial charge in [-0.1, -0.05) is 18.4 Å². The summed E-state index contributed by atoms with van der Waals surface area (Å²) in [4.78, 5) is 23.8. The molecule has 0 spiro atoms. The highest BCUT2D eigenvalue weighted by molar-refractivity contribution is 5.87. The van der Waals surface area contributed by atoms with Crippen LogP contribution in [0.25, 0.3) is 0 Å². The third-order valence-electron chi connectivity index (χ3n) is 3.69. The lowest BCUT2D eigenvalue weighted by Gasteiger charge is -2.24. The molecule has 0 heterocycles. The van der Waals surface area contributed by atoms with Gasteiger partial charge in [0.05, 0.1) is 5.92 Å². The van der Waals surface area contributed by atoms with Gasteiger partial charge in [-0.2, -0.15) is 0 Å². The number of allylic oxidation sites excluding steroid dienone is 1. The molecule has 1 fully saturated rings. The van der Waals surface area contributed by atoms with E-state index in [1.807, 2.05) is 13.8 Å². The van der Waals surface area contributed by atoms with Crippen molar-refractivity contribution in [3.05, 3.63) is 12.2 Å². The predicted molar refractivity (Wildman–Crippen MR) is 76.2 cm³/mol. The molecule has 4 heteroatoms. The van der Waals surface area contributed by atoms with Crippen molar-refractivity contribution < 1.29 is 9.59 Å². The molecule has 1 rings (SSSR count). The number of nitrogens with one attached hydrogen (secondary N) is 1. The van der Waals surface area contributed by atoms with Crippen molar-refractivity contribution in [1.29, 1.82) is 0 Å². The minimum Gasteiger partial charge on any atom is -0.369 e. The SMILES string of the molecule is C=C(C)C[C@@H](C(=O)NCC)[C@H](CCC1CC1)C(N)=O. The summed E-state index contributed by atoms with van der Waals surface area (Å²) in [6.07, 6.45) is 4.74. The van der Waals surface area contributed by atoms with Crippen LogP contribution in [0.2, 0.25) is 0 Å². The Morgan fingerprint density at radius 2 is 2.00 bits per heavy atom. The molecule has 19 heavy (non-hydrogen) atoms. The Hall–Kier alpha value is -1.32. The molecule has 1 saturated carbocycles. The zero-order valence-corrected chi connectivity index (χ0v) is 12.1. The van der Waals surface area contributed by atoms with Crippen LogP contribution in [0.3, 0.4) is 0 Å². The van der Waals surface area contributed by atoms with Crippen LogP contribution in [-0.2, 0) is 9.59 Å². The molecule has 0 bridgehead atoms. The van der Waals surface area contributed by atoms with Crippen LogP contribution < -0.4 is 11.1 Å². The Morgan fingerprint density at radius 3 is 2.42 bits per heavy atom. The molecular weight excluding hydrogens is 240 g/mol. The summed E-state index contributed by atoms with van der Waals surface area (Å²) >= 11 is 0. The van der Waals surface area contributed by atoms with E-state index in [0.717, 1.165) is 24.3 Å². The summed E-state index contributed by atoms with van der Waals surface area (Å²) in [5.74, 6) is -0.442. The van der Waals surface area contributed by atoms with Gasteiger partial charge >= 0.3 is 0 Å². The molecular formula is C15H26N2O2. The summed E-state index contributed by atoms with van der Waals surface area (Å²) in [5, 5.41) is 2.80. The van der Waals surface area contributed by atoms with Gasteiger partial charge in [-0.15, -0.1) is 6.58 Å². The molecule has 1 aliphatic rings. The molecule has 3 N–H and O–H groups in total. The van der Waals surface area contributed by atoms with Crippen LogP contribution >= 0.6 is 0 Å². The smallest absolute Gasteiger partial charge is 0.224 e. The summed E-state index contributed by atoms with van der Waals surface area (Å²) < 4.78 is 0. The lowest BCUT2D eigenvalue weighted by Crippen LogP contribution is -2.40. The summed E-state index contributed by atoms with van der Waals surface area (Å²) in [5.41, 5.74) is 6.42. The lowest BCUT2D eigenvalue weighted by atomic mass is 9.82. The average Bonchev–Trinajstić information content (AvgIpc) is 3.11. The van der Waals surface area contributed by atoms with E-state index in [9.17, 15) is 9.59 Å². The molecule has 0 unspecified atom stereocenters. The zero-order chi connectivity index (χ0) is 14.4. The first-order valence-corrected chi connectivity index (χ1v) is 7.17. The van der Waals surface area contributed by atoms with Gasteiger partial charge in [-0.25, -0.2) is 0 Å².